The number of carbonyl (C=O) groups excluding carboxylic acids is 2. The molecule has 0 saturated carbocycles. The van der Waals surface area contributed by atoms with Crippen molar-refractivity contribution in [3.8, 4) is 5.75 Å². The number of benzene rings is 2. The van der Waals surface area contributed by atoms with E-state index in [0.717, 1.165) is 6.42 Å². The first-order valence-electron chi connectivity index (χ1n) is 9.64. The molecule has 6 nitrogen and oxygen atoms in total. The molecule has 2 aromatic rings. The van der Waals surface area contributed by atoms with Gasteiger partial charge in [-0.15, -0.1) is 0 Å². The van der Waals surface area contributed by atoms with Crippen LogP contribution in [0.15, 0.2) is 60.2 Å². The number of ketones is 1. The molecular formula is C23H25NO5. The molecule has 1 saturated heterocycles. The molecule has 1 unspecified atom stereocenters. The van der Waals surface area contributed by atoms with E-state index in [9.17, 15) is 14.7 Å². The van der Waals surface area contributed by atoms with Crippen molar-refractivity contribution in [2.24, 2.45) is 0 Å². The Bertz CT molecular complexity index is 906. The number of hydrogen-bond acceptors (Lipinski definition) is 5. The Morgan fingerprint density at radius 1 is 1.07 bits per heavy atom. The highest BCUT2D eigenvalue weighted by Crippen LogP contribution is 2.40. The van der Waals surface area contributed by atoms with Crippen molar-refractivity contribution in [2.75, 3.05) is 26.9 Å². The van der Waals surface area contributed by atoms with Gasteiger partial charge in [0, 0.05) is 19.2 Å². The molecule has 2 aromatic carbocycles. The summed E-state index contributed by atoms with van der Waals surface area (Å²) in [6.45, 7) is 3.10. The van der Waals surface area contributed by atoms with Crippen molar-refractivity contribution in [1.29, 1.82) is 0 Å². The van der Waals surface area contributed by atoms with E-state index >= 15 is 0 Å². The number of amides is 1. The first-order chi connectivity index (χ1) is 14.1. The summed E-state index contributed by atoms with van der Waals surface area (Å²) in [6.07, 6.45) is 0.866. The molecule has 1 aliphatic rings. The van der Waals surface area contributed by atoms with Gasteiger partial charge in [0.2, 0.25) is 0 Å². The number of hydrogen-bond donors (Lipinski definition) is 1. The molecule has 6 heteroatoms. The number of aliphatic hydroxyl groups is 1. The third-order valence-corrected chi connectivity index (χ3v) is 4.77. The Labute approximate surface area is 170 Å². The molecule has 0 aliphatic carbocycles. The molecule has 152 valence electrons. The average molecular weight is 395 g/mol. The summed E-state index contributed by atoms with van der Waals surface area (Å²) in [4.78, 5) is 27.0. The van der Waals surface area contributed by atoms with E-state index in [-0.39, 0.29) is 24.5 Å². The third-order valence-electron chi connectivity index (χ3n) is 4.77. The van der Waals surface area contributed by atoms with Gasteiger partial charge in [0.05, 0.1) is 24.8 Å². The Balaban J connectivity index is 2.11. The van der Waals surface area contributed by atoms with Crippen LogP contribution in [0.25, 0.3) is 5.76 Å². The Morgan fingerprint density at radius 2 is 1.83 bits per heavy atom. The Morgan fingerprint density at radius 3 is 2.52 bits per heavy atom. The highest BCUT2D eigenvalue weighted by molar-refractivity contribution is 6.46. The molecule has 29 heavy (non-hydrogen) atoms. The smallest absolute Gasteiger partial charge is 0.295 e. The van der Waals surface area contributed by atoms with Gasteiger partial charge in [-0.2, -0.15) is 0 Å². The number of rotatable bonds is 8. The fourth-order valence-electron chi connectivity index (χ4n) is 3.39. The van der Waals surface area contributed by atoms with Gasteiger partial charge in [-0.1, -0.05) is 49.4 Å². The summed E-state index contributed by atoms with van der Waals surface area (Å²) in [5.41, 5.74) is 1.26. The van der Waals surface area contributed by atoms with Crippen LogP contribution < -0.4 is 4.74 Å². The van der Waals surface area contributed by atoms with Gasteiger partial charge in [-0.25, -0.2) is 0 Å². The summed E-state index contributed by atoms with van der Waals surface area (Å²) < 4.78 is 10.8. The van der Waals surface area contributed by atoms with Gasteiger partial charge in [0.15, 0.2) is 0 Å². The predicted octanol–water partition coefficient (Wildman–Crippen LogP) is 3.54. The van der Waals surface area contributed by atoms with E-state index in [1.54, 1.807) is 24.3 Å². The monoisotopic (exact) mass is 395 g/mol. The molecule has 1 N–H and O–H groups in total. The molecular weight excluding hydrogens is 370 g/mol. The first kappa shape index (κ1) is 20.6. The van der Waals surface area contributed by atoms with Gasteiger partial charge < -0.3 is 19.5 Å². The average Bonchev–Trinajstić information content (AvgIpc) is 3.01. The van der Waals surface area contributed by atoms with E-state index in [1.807, 2.05) is 37.3 Å². The van der Waals surface area contributed by atoms with Gasteiger partial charge >= 0.3 is 0 Å². The minimum absolute atomic E-state index is 0.0740. The highest BCUT2D eigenvalue weighted by Gasteiger charge is 2.45. The predicted molar refractivity (Wildman–Crippen MR) is 110 cm³/mol. The summed E-state index contributed by atoms with van der Waals surface area (Å²) >= 11 is 0. The normalized spacial score (nSPS) is 18.3. The minimum Gasteiger partial charge on any atom is -0.507 e. The molecule has 3 rings (SSSR count). The maximum atomic E-state index is 12.9. The number of methoxy groups -OCH3 is 1. The van der Waals surface area contributed by atoms with Crippen molar-refractivity contribution in [3.63, 3.8) is 0 Å². The third kappa shape index (κ3) is 4.32. The lowest BCUT2D eigenvalue weighted by Crippen LogP contribution is -2.32. The van der Waals surface area contributed by atoms with Gasteiger partial charge in [0.1, 0.15) is 11.5 Å². The van der Waals surface area contributed by atoms with Crippen molar-refractivity contribution in [3.05, 3.63) is 71.3 Å². The van der Waals surface area contributed by atoms with Gasteiger partial charge in [0.25, 0.3) is 11.7 Å². The van der Waals surface area contributed by atoms with Crippen LogP contribution in [0, 0.1) is 0 Å². The fourth-order valence-corrected chi connectivity index (χ4v) is 3.39. The highest BCUT2D eigenvalue weighted by atomic mass is 16.5. The van der Waals surface area contributed by atoms with E-state index < -0.39 is 17.7 Å². The molecule has 1 amide bonds. The van der Waals surface area contributed by atoms with Crippen LogP contribution in [0.5, 0.6) is 5.75 Å². The maximum absolute atomic E-state index is 12.9. The van der Waals surface area contributed by atoms with E-state index in [1.165, 1.54) is 12.0 Å². The molecule has 1 aliphatic heterocycles. The maximum Gasteiger partial charge on any atom is 0.295 e. The fraction of sp³-hybridized carbons (Fsp3) is 0.304. The van der Waals surface area contributed by atoms with E-state index in [4.69, 9.17) is 9.47 Å². The number of nitrogens with zero attached hydrogens (tertiary/aromatic N) is 1. The number of carbonyl (C=O) groups is 2. The summed E-state index contributed by atoms with van der Waals surface area (Å²) in [7, 11) is 1.54. The summed E-state index contributed by atoms with van der Waals surface area (Å²) in [5.74, 6) is -0.883. The number of ether oxygens (including phenoxy) is 2. The quantitative estimate of drug-likeness (QED) is 0.420. The SMILES string of the molecule is CCCOc1cccc(C2/C(=C(/O)c3ccccc3)C(=O)C(=O)N2CCOC)c1. The van der Waals surface area contributed by atoms with Gasteiger partial charge in [-0.3, -0.25) is 9.59 Å². The first-order valence-corrected chi connectivity index (χ1v) is 9.64. The summed E-state index contributed by atoms with van der Waals surface area (Å²) in [6, 6.07) is 15.3. The lowest BCUT2D eigenvalue weighted by Gasteiger charge is -2.25. The zero-order chi connectivity index (χ0) is 20.8. The summed E-state index contributed by atoms with van der Waals surface area (Å²) in [5, 5.41) is 10.9. The Kier molecular flexibility index (Phi) is 6.67. The van der Waals surface area contributed by atoms with Crippen LogP contribution in [-0.2, 0) is 14.3 Å². The zero-order valence-corrected chi connectivity index (χ0v) is 16.6. The lowest BCUT2D eigenvalue weighted by molar-refractivity contribution is -0.140. The van der Waals surface area contributed by atoms with Crippen LogP contribution in [-0.4, -0.2) is 48.6 Å². The topological polar surface area (TPSA) is 76.1 Å². The van der Waals surface area contributed by atoms with Crippen LogP contribution >= 0.6 is 0 Å². The number of likely N-dealkylation sites (tertiary alicyclic amines) is 1. The minimum atomic E-state index is -0.712. The molecule has 0 aromatic heterocycles. The molecule has 1 atom stereocenters. The molecule has 0 spiro atoms. The largest absolute Gasteiger partial charge is 0.507 e. The van der Waals surface area contributed by atoms with Crippen molar-refractivity contribution >= 4 is 17.4 Å². The van der Waals surface area contributed by atoms with Crippen LogP contribution in [0.4, 0.5) is 0 Å². The van der Waals surface area contributed by atoms with Crippen molar-refractivity contribution in [1.82, 2.24) is 4.90 Å². The second-order valence-electron chi connectivity index (χ2n) is 6.77. The zero-order valence-electron chi connectivity index (χ0n) is 16.6. The van der Waals surface area contributed by atoms with Crippen LogP contribution in [0.2, 0.25) is 0 Å². The standard InChI is InChI=1S/C23H25NO5/c1-3-13-29-18-11-7-10-17(15-18)20-19(21(25)16-8-5-4-6-9-16)22(26)23(27)24(20)12-14-28-2/h4-11,15,20,25H,3,12-14H2,1-2H3/b21-19-. The number of Topliss-reactive ketones (excluding diaryl/α,β-unsaturated/α-hetero) is 1. The van der Waals surface area contributed by atoms with E-state index in [2.05, 4.69) is 0 Å². The number of aliphatic hydroxyl groups excluding tert-OH is 1. The van der Waals surface area contributed by atoms with Gasteiger partial charge in [-0.05, 0) is 24.1 Å². The van der Waals surface area contributed by atoms with E-state index in [0.29, 0.717) is 23.5 Å². The second kappa shape index (κ2) is 9.39. The molecule has 1 fully saturated rings. The second-order valence-corrected chi connectivity index (χ2v) is 6.77. The van der Waals surface area contributed by atoms with Crippen molar-refractivity contribution in [2.45, 2.75) is 19.4 Å². The molecule has 1 heterocycles. The molecule has 0 radical (unpaired) electrons. The lowest BCUT2D eigenvalue weighted by atomic mass is 9.95. The molecule has 0 bridgehead atoms. The van der Waals surface area contributed by atoms with Crippen LogP contribution in [0.1, 0.15) is 30.5 Å². The Hall–Kier alpha value is -3.12. The van der Waals surface area contributed by atoms with Crippen molar-refractivity contribution < 1.29 is 24.2 Å². The van der Waals surface area contributed by atoms with Crippen LogP contribution in [0.3, 0.4) is 0 Å².